The molecule has 1 saturated carbocycles. The second-order valence-corrected chi connectivity index (χ2v) is 4.33. The van der Waals surface area contributed by atoms with Crippen LogP contribution in [0.25, 0.3) is 0 Å². The van der Waals surface area contributed by atoms with E-state index in [1.165, 1.54) is 19.3 Å². The third-order valence-corrected chi connectivity index (χ3v) is 3.08. The quantitative estimate of drug-likeness (QED) is 0.428. The molecule has 1 aliphatic rings. The van der Waals surface area contributed by atoms with E-state index in [1.54, 1.807) is 0 Å². The minimum absolute atomic E-state index is 0.0677. The highest BCUT2D eigenvalue weighted by Crippen LogP contribution is 2.26. The molecule has 0 heterocycles. The smallest absolute Gasteiger partial charge is 0.315 e. The van der Waals surface area contributed by atoms with Crippen LogP contribution < -0.4 is 16.4 Å². The molecule has 1 aliphatic carbocycles. The summed E-state index contributed by atoms with van der Waals surface area (Å²) in [6, 6.07) is -0.528. The Kier molecular flexibility index (Phi) is 5.08. The number of carbonyl (C=O) groups excluding carboxylic acids is 1. The van der Waals surface area contributed by atoms with Crippen molar-refractivity contribution in [2.75, 3.05) is 6.54 Å². The average Bonchev–Trinajstić information content (AvgIpc) is 2.27. The molecule has 0 radical (unpaired) electrons. The van der Waals surface area contributed by atoms with Crippen LogP contribution in [0.5, 0.6) is 0 Å². The van der Waals surface area contributed by atoms with E-state index in [0.29, 0.717) is 12.5 Å². The van der Waals surface area contributed by atoms with Gasteiger partial charge in [0.25, 0.3) is 0 Å². The van der Waals surface area contributed by atoms with E-state index in [1.807, 2.05) is 6.92 Å². The summed E-state index contributed by atoms with van der Waals surface area (Å²) in [6.07, 6.45) is 5.70. The molecule has 0 aliphatic heterocycles. The fourth-order valence-corrected chi connectivity index (χ4v) is 2.27. The molecule has 1 rings (SSSR count). The standard InChI is InChI=1S/C11H22N4O/c1-2-14-11(16)15-9(10(12)13)8-6-4-3-5-7-8/h8-9H,2-7H2,1H3,(H3,12,13)(H2,14,15,16). The summed E-state index contributed by atoms with van der Waals surface area (Å²) in [6.45, 7) is 2.45. The van der Waals surface area contributed by atoms with Gasteiger partial charge in [-0.15, -0.1) is 0 Å². The Hall–Kier alpha value is -1.26. The van der Waals surface area contributed by atoms with Gasteiger partial charge in [-0.3, -0.25) is 5.41 Å². The van der Waals surface area contributed by atoms with Gasteiger partial charge in [0.2, 0.25) is 0 Å². The van der Waals surface area contributed by atoms with Crippen LogP contribution in [0.4, 0.5) is 4.79 Å². The summed E-state index contributed by atoms with van der Waals surface area (Å²) in [7, 11) is 0. The Morgan fingerprint density at radius 2 is 2.06 bits per heavy atom. The van der Waals surface area contributed by atoms with Crippen molar-refractivity contribution in [3.05, 3.63) is 0 Å². The Bertz CT molecular complexity index is 246. The van der Waals surface area contributed by atoms with Crippen molar-refractivity contribution in [1.29, 1.82) is 5.41 Å². The predicted octanol–water partition coefficient (Wildman–Crippen LogP) is 1.19. The monoisotopic (exact) mass is 226 g/mol. The molecular weight excluding hydrogens is 204 g/mol. The maximum absolute atomic E-state index is 11.4. The third kappa shape index (κ3) is 3.72. The van der Waals surface area contributed by atoms with Gasteiger partial charge in [0.15, 0.2) is 0 Å². The van der Waals surface area contributed by atoms with Crippen LogP contribution in [-0.4, -0.2) is 24.5 Å². The Labute approximate surface area is 96.7 Å². The number of amidine groups is 1. The summed E-state index contributed by atoms with van der Waals surface area (Å²) in [5.74, 6) is 0.395. The highest BCUT2D eigenvalue weighted by molar-refractivity contribution is 5.87. The molecule has 1 fully saturated rings. The van der Waals surface area contributed by atoms with E-state index in [0.717, 1.165) is 12.8 Å². The lowest BCUT2D eigenvalue weighted by atomic mass is 9.83. The summed E-state index contributed by atoms with van der Waals surface area (Å²) in [5.41, 5.74) is 5.55. The Balaban J connectivity index is 2.52. The fraction of sp³-hybridized carbons (Fsp3) is 0.818. The zero-order valence-corrected chi connectivity index (χ0v) is 9.88. The van der Waals surface area contributed by atoms with Crippen molar-refractivity contribution >= 4 is 11.9 Å². The van der Waals surface area contributed by atoms with Crippen molar-refractivity contribution in [2.24, 2.45) is 11.7 Å². The average molecular weight is 226 g/mol. The summed E-state index contributed by atoms with van der Waals surface area (Å²) in [5, 5.41) is 13.0. The first-order valence-electron chi connectivity index (χ1n) is 6.03. The van der Waals surface area contributed by atoms with Crippen LogP contribution in [0.1, 0.15) is 39.0 Å². The molecule has 0 aromatic carbocycles. The van der Waals surface area contributed by atoms with Crippen molar-refractivity contribution in [3.8, 4) is 0 Å². The number of urea groups is 1. The zero-order chi connectivity index (χ0) is 12.0. The molecule has 0 saturated heterocycles. The first kappa shape index (κ1) is 12.8. The molecule has 0 bridgehead atoms. The first-order chi connectivity index (χ1) is 7.65. The third-order valence-electron chi connectivity index (χ3n) is 3.08. The SMILES string of the molecule is CCNC(=O)NC(C(=N)N)C1CCCCC1. The number of nitrogens with two attached hydrogens (primary N) is 1. The molecule has 5 heteroatoms. The maximum atomic E-state index is 11.4. The Morgan fingerprint density at radius 1 is 1.44 bits per heavy atom. The molecule has 16 heavy (non-hydrogen) atoms. The number of rotatable bonds is 4. The van der Waals surface area contributed by atoms with Crippen LogP contribution in [-0.2, 0) is 0 Å². The minimum Gasteiger partial charge on any atom is -0.386 e. The molecule has 0 aromatic heterocycles. The zero-order valence-electron chi connectivity index (χ0n) is 9.88. The van der Waals surface area contributed by atoms with E-state index < -0.39 is 0 Å². The van der Waals surface area contributed by atoms with Crippen molar-refractivity contribution in [2.45, 2.75) is 45.1 Å². The van der Waals surface area contributed by atoms with Crippen LogP contribution >= 0.6 is 0 Å². The summed E-state index contributed by atoms with van der Waals surface area (Å²) >= 11 is 0. The molecule has 2 amide bonds. The molecular formula is C11H22N4O. The second kappa shape index (κ2) is 6.35. The topological polar surface area (TPSA) is 91.0 Å². The van der Waals surface area contributed by atoms with Gasteiger partial charge < -0.3 is 16.4 Å². The minimum atomic E-state index is -0.299. The lowest BCUT2D eigenvalue weighted by Gasteiger charge is -2.30. The number of nitrogens with one attached hydrogen (secondary N) is 3. The number of amides is 2. The lowest BCUT2D eigenvalue weighted by Crippen LogP contribution is -2.52. The second-order valence-electron chi connectivity index (χ2n) is 4.33. The molecule has 5 N–H and O–H groups in total. The number of hydrogen-bond donors (Lipinski definition) is 4. The molecule has 0 aromatic rings. The van der Waals surface area contributed by atoms with Gasteiger partial charge in [0.1, 0.15) is 5.84 Å². The van der Waals surface area contributed by atoms with Crippen molar-refractivity contribution in [1.82, 2.24) is 10.6 Å². The van der Waals surface area contributed by atoms with E-state index in [4.69, 9.17) is 11.1 Å². The highest BCUT2D eigenvalue weighted by Gasteiger charge is 2.27. The summed E-state index contributed by atoms with van der Waals surface area (Å²) in [4.78, 5) is 11.4. The summed E-state index contributed by atoms with van der Waals surface area (Å²) < 4.78 is 0. The van der Waals surface area contributed by atoms with Crippen LogP contribution in [0, 0.1) is 11.3 Å². The van der Waals surface area contributed by atoms with Gasteiger partial charge in [0, 0.05) is 6.54 Å². The van der Waals surface area contributed by atoms with Gasteiger partial charge in [-0.2, -0.15) is 0 Å². The number of carbonyl (C=O) groups is 1. The van der Waals surface area contributed by atoms with Crippen LogP contribution in [0.15, 0.2) is 0 Å². The van der Waals surface area contributed by atoms with E-state index in [2.05, 4.69) is 10.6 Å². The fourth-order valence-electron chi connectivity index (χ4n) is 2.27. The molecule has 1 unspecified atom stereocenters. The Morgan fingerprint density at radius 3 is 2.56 bits per heavy atom. The van der Waals surface area contributed by atoms with E-state index in [9.17, 15) is 4.79 Å². The van der Waals surface area contributed by atoms with E-state index >= 15 is 0 Å². The van der Waals surface area contributed by atoms with Crippen LogP contribution in [0.2, 0.25) is 0 Å². The molecule has 92 valence electrons. The molecule has 1 atom stereocenters. The maximum Gasteiger partial charge on any atom is 0.315 e. The predicted molar refractivity (Wildman–Crippen MR) is 64.5 cm³/mol. The number of hydrogen-bond acceptors (Lipinski definition) is 2. The largest absolute Gasteiger partial charge is 0.386 e. The molecule has 0 spiro atoms. The normalized spacial score (nSPS) is 18.8. The van der Waals surface area contributed by atoms with Gasteiger partial charge in [-0.05, 0) is 25.7 Å². The van der Waals surface area contributed by atoms with E-state index in [-0.39, 0.29) is 17.9 Å². The van der Waals surface area contributed by atoms with Gasteiger partial charge in [-0.25, -0.2) is 4.79 Å². The first-order valence-corrected chi connectivity index (χ1v) is 6.03. The highest BCUT2D eigenvalue weighted by atomic mass is 16.2. The molecule has 5 nitrogen and oxygen atoms in total. The van der Waals surface area contributed by atoms with Crippen molar-refractivity contribution in [3.63, 3.8) is 0 Å². The van der Waals surface area contributed by atoms with Gasteiger partial charge in [-0.1, -0.05) is 19.3 Å². The van der Waals surface area contributed by atoms with Gasteiger partial charge in [0.05, 0.1) is 6.04 Å². The van der Waals surface area contributed by atoms with Crippen molar-refractivity contribution < 1.29 is 4.79 Å². The lowest BCUT2D eigenvalue weighted by molar-refractivity contribution is 0.231. The van der Waals surface area contributed by atoms with Gasteiger partial charge >= 0.3 is 6.03 Å². The van der Waals surface area contributed by atoms with Crippen LogP contribution in [0.3, 0.4) is 0 Å².